The number of anilines is 1. The van der Waals surface area contributed by atoms with E-state index in [1.165, 1.54) is 42.2 Å². The SMILES string of the molecule is CCCC1(CCC)CN(c2ncnc3ccc(CCc4ccccc4)cc23)C1. The third-order valence-electron chi connectivity index (χ3n) is 6.14. The third kappa shape index (κ3) is 3.89. The van der Waals surface area contributed by atoms with Crippen LogP contribution in [-0.2, 0) is 12.8 Å². The van der Waals surface area contributed by atoms with Crippen molar-refractivity contribution in [1.29, 1.82) is 0 Å². The summed E-state index contributed by atoms with van der Waals surface area (Å²) in [5.74, 6) is 1.12. The van der Waals surface area contributed by atoms with E-state index in [0.717, 1.165) is 37.3 Å². The Balaban J connectivity index is 1.54. The highest BCUT2D eigenvalue weighted by Crippen LogP contribution is 2.42. The van der Waals surface area contributed by atoms with E-state index in [1.54, 1.807) is 6.33 Å². The molecule has 0 N–H and O–H groups in total. The Morgan fingerprint density at radius 3 is 2.29 bits per heavy atom. The first-order chi connectivity index (χ1) is 13.7. The molecule has 1 aliphatic rings. The monoisotopic (exact) mass is 373 g/mol. The van der Waals surface area contributed by atoms with E-state index in [0.29, 0.717) is 5.41 Å². The van der Waals surface area contributed by atoms with Crippen LogP contribution in [0.15, 0.2) is 54.9 Å². The molecule has 0 radical (unpaired) electrons. The molecule has 3 aromatic rings. The average molecular weight is 374 g/mol. The average Bonchev–Trinajstić information content (AvgIpc) is 2.70. The molecule has 3 heteroatoms. The van der Waals surface area contributed by atoms with Crippen molar-refractivity contribution in [2.75, 3.05) is 18.0 Å². The van der Waals surface area contributed by atoms with Crippen molar-refractivity contribution in [2.45, 2.75) is 52.4 Å². The molecule has 0 unspecified atom stereocenters. The van der Waals surface area contributed by atoms with Gasteiger partial charge in [-0.25, -0.2) is 9.97 Å². The maximum atomic E-state index is 4.69. The van der Waals surface area contributed by atoms with Gasteiger partial charge in [0.2, 0.25) is 0 Å². The maximum Gasteiger partial charge on any atom is 0.139 e. The molecule has 1 aliphatic heterocycles. The second-order valence-electron chi connectivity index (χ2n) is 8.39. The van der Waals surface area contributed by atoms with Crippen LogP contribution in [-0.4, -0.2) is 23.1 Å². The zero-order valence-electron chi connectivity index (χ0n) is 17.2. The maximum absolute atomic E-state index is 4.69. The van der Waals surface area contributed by atoms with Crippen molar-refractivity contribution in [3.63, 3.8) is 0 Å². The van der Waals surface area contributed by atoms with E-state index in [4.69, 9.17) is 0 Å². The topological polar surface area (TPSA) is 29.0 Å². The predicted octanol–water partition coefficient (Wildman–Crippen LogP) is 5.82. The number of nitrogens with zero attached hydrogens (tertiary/aromatic N) is 3. The minimum absolute atomic E-state index is 0.492. The quantitative estimate of drug-likeness (QED) is 0.498. The molecular weight excluding hydrogens is 342 g/mol. The Morgan fingerprint density at radius 1 is 0.857 bits per heavy atom. The zero-order chi connectivity index (χ0) is 19.4. The van der Waals surface area contributed by atoms with E-state index < -0.39 is 0 Å². The molecule has 1 aromatic heterocycles. The number of fused-ring (bicyclic) bond motifs is 1. The number of hydrogen-bond acceptors (Lipinski definition) is 3. The van der Waals surface area contributed by atoms with E-state index in [1.807, 2.05) is 0 Å². The first kappa shape index (κ1) is 18.9. The van der Waals surface area contributed by atoms with Gasteiger partial charge in [0.15, 0.2) is 0 Å². The summed E-state index contributed by atoms with van der Waals surface area (Å²) in [5.41, 5.74) is 4.29. The van der Waals surface area contributed by atoms with Crippen LogP contribution in [0.3, 0.4) is 0 Å². The van der Waals surface area contributed by atoms with Gasteiger partial charge in [-0.2, -0.15) is 0 Å². The summed E-state index contributed by atoms with van der Waals surface area (Å²) in [6.07, 6.45) is 9.01. The van der Waals surface area contributed by atoms with E-state index in [-0.39, 0.29) is 0 Å². The van der Waals surface area contributed by atoms with Gasteiger partial charge in [-0.05, 0) is 48.9 Å². The van der Waals surface area contributed by atoms with Crippen LogP contribution in [0.25, 0.3) is 10.9 Å². The second kappa shape index (κ2) is 8.30. The minimum atomic E-state index is 0.492. The van der Waals surface area contributed by atoms with E-state index in [9.17, 15) is 0 Å². The largest absolute Gasteiger partial charge is 0.355 e. The lowest BCUT2D eigenvalue weighted by Gasteiger charge is -2.51. The van der Waals surface area contributed by atoms with Crippen molar-refractivity contribution in [1.82, 2.24) is 9.97 Å². The van der Waals surface area contributed by atoms with Crippen LogP contribution in [0, 0.1) is 5.41 Å². The van der Waals surface area contributed by atoms with Crippen LogP contribution in [0.2, 0.25) is 0 Å². The number of aromatic nitrogens is 2. The molecule has 0 bridgehead atoms. The van der Waals surface area contributed by atoms with Crippen LogP contribution < -0.4 is 4.90 Å². The summed E-state index contributed by atoms with van der Waals surface area (Å²) in [7, 11) is 0. The van der Waals surface area contributed by atoms with Crippen LogP contribution in [0.1, 0.15) is 50.7 Å². The number of rotatable bonds is 8. The van der Waals surface area contributed by atoms with Gasteiger partial charge in [-0.3, -0.25) is 0 Å². The van der Waals surface area contributed by atoms with Crippen LogP contribution in [0.4, 0.5) is 5.82 Å². The lowest BCUT2D eigenvalue weighted by atomic mass is 9.72. The predicted molar refractivity (Wildman–Crippen MR) is 118 cm³/mol. The molecule has 146 valence electrons. The normalized spacial score (nSPS) is 15.6. The fourth-order valence-corrected chi connectivity index (χ4v) is 4.85. The van der Waals surface area contributed by atoms with E-state index in [2.05, 4.69) is 77.2 Å². The Labute approximate surface area is 168 Å². The molecule has 3 nitrogen and oxygen atoms in total. The first-order valence-electron chi connectivity index (χ1n) is 10.8. The highest BCUT2D eigenvalue weighted by molar-refractivity contribution is 5.90. The molecule has 1 saturated heterocycles. The highest BCUT2D eigenvalue weighted by Gasteiger charge is 2.42. The van der Waals surface area contributed by atoms with Crippen molar-refractivity contribution >= 4 is 16.7 Å². The van der Waals surface area contributed by atoms with Crippen molar-refractivity contribution in [3.05, 3.63) is 66.0 Å². The molecule has 0 atom stereocenters. The van der Waals surface area contributed by atoms with Crippen molar-refractivity contribution < 1.29 is 0 Å². The molecule has 2 heterocycles. The van der Waals surface area contributed by atoms with Crippen molar-refractivity contribution in [3.8, 4) is 0 Å². The van der Waals surface area contributed by atoms with Gasteiger partial charge in [0.25, 0.3) is 0 Å². The van der Waals surface area contributed by atoms with Gasteiger partial charge in [0, 0.05) is 23.9 Å². The molecule has 4 rings (SSSR count). The lowest BCUT2D eigenvalue weighted by molar-refractivity contribution is 0.172. The molecule has 0 aliphatic carbocycles. The van der Waals surface area contributed by atoms with Gasteiger partial charge >= 0.3 is 0 Å². The van der Waals surface area contributed by atoms with Crippen molar-refractivity contribution in [2.24, 2.45) is 5.41 Å². The minimum Gasteiger partial charge on any atom is -0.355 e. The van der Waals surface area contributed by atoms with Gasteiger partial charge in [0.1, 0.15) is 12.1 Å². The van der Waals surface area contributed by atoms with Gasteiger partial charge in [-0.15, -0.1) is 0 Å². The number of hydrogen-bond donors (Lipinski definition) is 0. The molecule has 0 saturated carbocycles. The second-order valence-corrected chi connectivity index (χ2v) is 8.39. The van der Waals surface area contributed by atoms with Gasteiger partial charge in [-0.1, -0.05) is 63.1 Å². The van der Waals surface area contributed by atoms with Gasteiger partial charge in [0.05, 0.1) is 5.52 Å². The fraction of sp³-hybridized carbons (Fsp3) is 0.440. The summed E-state index contributed by atoms with van der Waals surface area (Å²) < 4.78 is 0. The molecule has 2 aromatic carbocycles. The van der Waals surface area contributed by atoms with Crippen LogP contribution >= 0.6 is 0 Å². The molecule has 1 fully saturated rings. The number of aryl methyl sites for hydroxylation is 2. The van der Waals surface area contributed by atoms with Gasteiger partial charge < -0.3 is 4.90 Å². The smallest absolute Gasteiger partial charge is 0.139 e. The standard InChI is InChI=1S/C25H31N3/c1-3-14-25(15-4-2)17-28(18-25)24-22-16-21(12-13-23(22)26-19-27-24)11-10-20-8-6-5-7-9-20/h5-9,12-13,16,19H,3-4,10-11,14-15,17-18H2,1-2H3. The summed E-state index contributed by atoms with van der Waals surface area (Å²) >= 11 is 0. The third-order valence-corrected chi connectivity index (χ3v) is 6.14. The van der Waals surface area contributed by atoms with E-state index >= 15 is 0 Å². The zero-order valence-corrected chi connectivity index (χ0v) is 17.2. The summed E-state index contributed by atoms with van der Waals surface area (Å²) in [5, 5.41) is 1.20. The Hall–Kier alpha value is -2.42. The molecule has 0 spiro atoms. The fourth-order valence-electron chi connectivity index (χ4n) is 4.85. The molecular formula is C25H31N3. The summed E-state index contributed by atoms with van der Waals surface area (Å²) in [4.78, 5) is 11.7. The Bertz CT molecular complexity index is 905. The summed E-state index contributed by atoms with van der Waals surface area (Å²) in [6.45, 7) is 6.88. The summed E-state index contributed by atoms with van der Waals surface area (Å²) in [6, 6.07) is 17.4. The molecule has 0 amide bonds. The first-order valence-corrected chi connectivity index (χ1v) is 10.8. The highest BCUT2D eigenvalue weighted by atomic mass is 15.3. The Morgan fingerprint density at radius 2 is 1.57 bits per heavy atom. The molecule has 28 heavy (non-hydrogen) atoms. The van der Waals surface area contributed by atoms with Crippen LogP contribution in [0.5, 0.6) is 0 Å². The number of benzene rings is 2. The lowest BCUT2D eigenvalue weighted by Crippen LogP contribution is -2.56. The Kier molecular flexibility index (Phi) is 5.61.